The van der Waals surface area contributed by atoms with E-state index in [2.05, 4.69) is 0 Å². The molecule has 1 amide bonds. The summed E-state index contributed by atoms with van der Waals surface area (Å²) in [5.74, 6) is -0.493. The van der Waals surface area contributed by atoms with Crippen LogP contribution in [0.2, 0.25) is 0 Å². The van der Waals surface area contributed by atoms with E-state index in [0.717, 1.165) is 16.2 Å². The Morgan fingerprint density at radius 3 is 2.67 bits per heavy atom. The van der Waals surface area contributed by atoms with Crippen molar-refractivity contribution in [1.29, 1.82) is 0 Å². The summed E-state index contributed by atoms with van der Waals surface area (Å²) >= 11 is 1.01. The van der Waals surface area contributed by atoms with Crippen molar-refractivity contribution in [2.45, 2.75) is 38.1 Å². The van der Waals surface area contributed by atoms with Crippen LogP contribution in [0, 0.1) is 6.92 Å². The van der Waals surface area contributed by atoms with Crippen LogP contribution >= 0.6 is 11.3 Å². The summed E-state index contributed by atoms with van der Waals surface area (Å²) in [5, 5.41) is 11.2. The molecule has 0 aliphatic carbocycles. The Bertz CT molecular complexity index is 595. The second kappa shape index (κ2) is 5.45. The molecule has 0 bridgehead atoms. The molecule has 1 aromatic heterocycles. The highest BCUT2D eigenvalue weighted by molar-refractivity contribution is 7.07. The van der Waals surface area contributed by atoms with Gasteiger partial charge in [-0.2, -0.15) is 13.2 Å². The molecule has 1 unspecified atom stereocenters. The van der Waals surface area contributed by atoms with E-state index < -0.39 is 30.7 Å². The number of rotatable bonds is 3. The zero-order chi connectivity index (χ0) is 15.8. The SMILES string of the molecule is Cc1csc(=O)n1CCC(=O)N1CCC(O)(C(F)(F)F)C1. The van der Waals surface area contributed by atoms with Gasteiger partial charge in [0, 0.05) is 37.0 Å². The Morgan fingerprint density at radius 1 is 1.52 bits per heavy atom. The lowest BCUT2D eigenvalue weighted by Crippen LogP contribution is -2.48. The average molecular weight is 324 g/mol. The molecular weight excluding hydrogens is 309 g/mol. The van der Waals surface area contributed by atoms with Crippen molar-refractivity contribution < 1.29 is 23.1 Å². The van der Waals surface area contributed by atoms with Crippen molar-refractivity contribution in [3.63, 3.8) is 0 Å². The number of likely N-dealkylation sites (tertiary alicyclic amines) is 1. The van der Waals surface area contributed by atoms with E-state index in [0.29, 0.717) is 5.69 Å². The van der Waals surface area contributed by atoms with Crippen molar-refractivity contribution in [2.75, 3.05) is 13.1 Å². The van der Waals surface area contributed by atoms with Crippen molar-refractivity contribution in [3.8, 4) is 0 Å². The van der Waals surface area contributed by atoms with Crippen molar-refractivity contribution in [1.82, 2.24) is 9.47 Å². The van der Waals surface area contributed by atoms with Crippen molar-refractivity contribution in [3.05, 3.63) is 20.7 Å². The molecule has 1 saturated heterocycles. The molecule has 21 heavy (non-hydrogen) atoms. The van der Waals surface area contributed by atoms with E-state index >= 15 is 0 Å². The van der Waals surface area contributed by atoms with E-state index in [9.17, 15) is 27.9 Å². The molecule has 0 aromatic carbocycles. The number of carbonyl (C=O) groups is 1. The van der Waals surface area contributed by atoms with Crippen molar-refractivity contribution >= 4 is 17.2 Å². The minimum atomic E-state index is -4.75. The minimum Gasteiger partial charge on any atom is -0.379 e. The van der Waals surface area contributed by atoms with E-state index in [1.807, 2.05) is 0 Å². The van der Waals surface area contributed by atoms with Crippen LogP contribution in [0.1, 0.15) is 18.5 Å². The van der Waals surface area contributed by atoms with Gasteiger partial charge in [-0.15, -0.1) is 0 Å². The van der Waals surface area contributed by atoms with E-state index in [-0.39, 0.29) is 24.4 Å². The van der Waals surface area contributed by atoms with Crippen LogP contribution in [0.5, 0.6) is 0 Å². The Balaban J connectivity index is 1.96. The number of carbonyl (C=O) groups excluding carboxylic acids is 1. The van der Waals surface area contributed by atoms with Gasteiger partial charge in [0.15, 0.2) is 5.60 Å². The van der Waals surface area contributed by atoms with Gasteiger partial charge in [-0.1, -0.05) is 11.3 Å². The Kier molecular flexibility index (Phi) is 4.16. The molecule has 5 nitrogen and oxygen atoms in total. The third kappa shape index (κ3) is 3.13. The zero-order valence-electron chi connectivity index (χ0n) is 11.3. The number of β-amino-alcohol motifs (C(OH)–C–C–N with tert-alkyl or cyclic N) is 1. The highest BCUT2D eigenvalue weighted by atomic mass is 32.1. The van der Waals surface area contributed by atoms with Gasteiger partial charge in [0.2, 0.25) is 5.91 Å². The number of aryl methyl sites for hydroxylation is 1. The molecule has 0 radical (unpaired) electrons. The number of alkyl halides is 3. The topological polar surface area (TPSA) is 62.5 Å². The average Bonchev–Trinajstić information content (AvgIpc) is 2.92. The highest BCUT2D eigenvalue weighted by Gasteiger charge is 2.57. The number of hydrogen-bond acceptors (Lipinski definition) is 4. The van der Waals surface area contributed by atoms with Crippen LogP contribution in [-0.4, -0.2) is 45.3 Å². The first-order valence-electron chi connectivity index (χ1n) is 6.36. The molecule has 0 spiro atoms. The Hall–Kier alpha value is -1.35. The van der Waals surface area contributed by atoms with Gasteiger partial charge in [0.1, 0.15) is 0 Å². The van der Waals surface area contributed by atoms with Gasteiger partial charge >= 0.3 is 11.0 Å². The van der Waals surface area contributed by atoms with Gasteiger partial charge < -0.3 is 14.6 Å². The quantitative estimate of drug-likeness (QED) is 0.907. The fraction of sp³-hybridized carbons (Fsp3) is 0.667. The lowest BCUT2D eigenvalue weighted by molar-refractivity contribution is -0.253. The number of aliphatic hydroxyl groups is 1. The predicted molar refractivity (Wildman–Crippen MR) is 70.1 cm³/mol. The smallest absolute Gasteiger partial charge is 0.379 e. The van der Waals surface area contributed by atoms with E-state index in [4.69, 9.17) is 0 Å². The van der Waals surface area contributed by atoms with Crippen LogP contribution in [0.3, 0.4) is 0 Å². The van der Waals surface area contributed by atoms with Gasteiger partial charge in [-0.25, -0.2) is 0 Å². The number of hydrogen-bond donors (Lipinski definition) is 1. The normalized spacial score (nSPS) is 22.8. The van der Waals surface area contributed by atoms with Crippen LogP contribution in [0.4, 0.5) is 13.2 Å². The fourth-order valence-electron chi connectivity index (χ4n) is 2.28. The van der Waals surface area contributed by atoms with E-state index in [1.165, 1.54) is 4.57 Å². The monoisotopic (exact) mass is 324 g/mol. The predicted octanol–water partition coefficient (Wildman–Crippen LogP) is 1.13. The highest BCUT2D eigenvalue weighted by Crippen LogP contribution is 2.37. The maximum atomic E-state index is 12.7. The molecule has 2 rings (SSSR count). The fourth-order valence-corrected chi connectivity index (χ4v) is 3.04. The van der Waals surface area contributed by atoms with Crippen LogP contribution in [-0.2, 0) is 11.3 Å². The summed E-state index contributed by atoms with van der Waals surface area (Å²) < 4.78 is 39.4. The Morgan fingerprint density at radius 2 is 2.19 bits per heavy atom. The molecular formula is C12H15F3N2O3S. The lowest BCUT2D eigenvalue weighted by Gasteiger charge is -2.25. The second-order valence-electron chi connectivity index (χ2n) is 5.14. The number of thiazole rings is 1. The standard InChI is InChI=1S/C12H15F3N2O3S/c1-8-6-21-10(19)17(8)4-2-9(18)16-5-3-11(20,7-16)12(13,14)15/h6,20H,2-5,7H2,1H3. The molecule has 118 valence electrons. The first-order chi connectivity index (χ1) is 9.64. The van der Waals surface area contributed by atoms with Crippen molar-refractivity contribution in [2.24, 2.45) is 0 Å². The lowest BCUT2D eigenvalue weighted by atomic mass is 10.0. The summed E-state index contributed by atoms with van der Waals surface area (Å²) in [7, 11) is 0. The third-order valence-electron chi connectivity index (χ3n) is 3.65. The van der Waals surface area contributed by atoms with Gasteiger partial charge in [0.05, 0.1) is 6.54 Å². The summed E-state index contributed by atoms with van der Waals surface area (Å²) in [6.07, 6.45) is -5.33. The molecule has 1 atom stereocenters. The number of aromatic nitrogens is 1. The maximum absolute atomic E-state index is 12.7. The minimum absolute atomic E-state index is 0.0641. The van der Waals surface area contributed by atoms with Gasteiger partial charge in [-0.05, 0) is 6.92 Å². The number of nitrogens with zero attached hydrogens (tertiary/aromatic N) is 2. The molecule has 0 saturated carbocycles. The summed E-state index contributed by atoms with van der Waals surface area (Å²) in [6.45, 7) is 0.980. The number of amides is 1. The summed E-state index contributed by atoms with van der Waals surface area (Å²) in [4.78, 5) is 24.2. The molecule has 2 heterocycles. The summed E-state index contributed by atoms with van der Waals surface area (Å²) in [5.41, 5.74) is -2.11. The maximum Gasteiger partial charge on any atom is 0.419 e. The first kappa shape index (κ1) is 16.0. The first-order valence-corrected chi connectivity index (χ1v) is 7.24. The molecule has 1 fully saturated rings. The van der Waals surface area contributed by atoms with Gasteiger partial charge in [0.25, 0.3) is 0 Å². The second-order valence-corrected chi connectivity index (χ2v) is 5.96. The van der Waals surface area contributed by atoms with Crippen LogP contribution in [0.25, 0.3) is 0 Å². The molecule has 9 heteroatoms. The van der Waals surface area contributed by atoms with Crippen LogP contribution < -0.4 is 4.87 Å². The molecule has 1 aliphatic heterocycles. The van der Waals surface area contributed by atoms with E-state index in [1.54, 1.807) is 12.3 Å². The number of halogens is 3. The van der Waals surface area contributed by atoms with Gasteiger partial charge in [-0.3, -0.25) is 9.59 Å². The molecule has 1 aromatic rings. The molecule has 1 N–H and O–H groups in total. The molecule has 1 aliphatic rings. The Labute approximate surface area is 122 Å². The largest absolute Gasteiger partial charge is 0.419 e. The van der Waals surface area contributed by atoms with Crippen LogP contribution in [0.15, 0.2) is 10.2 Å². The third-order valence-corrected chi connectivity index (χ3v) is 4.53. The zero-order valence-corrected chi connectivity index (χ0v) is 12.1. The summed E-state index contributed by atoms with van der Waals surface area (Å²) in [6, 6.07) is 0.